The second kappa shape index (κ2) is 9.19. The van der Waals surface area contributed by atoms with Crippen LogP contribution in [0.3, 0.4) is 0 Å². The molecule has 0 bridgehead atoms. The molecule has 0 saturated heterocycles. The van der Waals surface area contributed by atoms with Crippen molar-refractivity contribution in [2.75, 3.05) is 25.6 Å². The van der Waals surface area contributed by atoms with Gasteiger partial charge in [0.25, 0.3) is 5.91 Å². The van der Waals surface area contributed by atoms with Crippen molar-refractivity contribution in [3.05, 3.63) is 71.5 Å². The van der Waals surface area contributed by atoms with Gasteiger partial charge in [-0.3, -0.25) is 4.79 Å². The van der Waals surface area contributed by atoms with Gasteiger partial charge in [0.1, 0.15) is 12.4 Å². The molecule has 0 aliphatic carbocycles. The van der Waals surface area contributed by atoms with E-state index >= 15 is 0 Å². The second-order valence-corrected chi connectivity index (χ2v) is 6.43. The maximum absolute atomic E-state index is 12.8. The summed E-state index contributed by atoms with van der Waals surface area (Å²) in [6.45, 7) is 5.08. The Bertz CT molecular complexity index is 915. The first-order chi connectivity index (χ1) is 13.6. The van der Waals surface area contributed by atoms with Gasteiger partial charge in [-0.25, -0.2) is 4.68 Å². The zero-order valence-electron chi connectivity index (χ0n) is 16.4. The van der Waals surface area contributed by atoms with Crippen LogP contribution in [0.1, 0.15) is 28.5 Å². The van der Waals surface area contributed by atoms with E-state index in [1.54, 1.807) is 13.3 Å². The number of amides is 1. The van der Waals surface area contributed by atoms with Crippen LogP contribution in [0.25, 0.3) is 5.69 Å². The molecular weight excluding hydrogens is 354 g/mol. The molecule has 3 aromatic rings. The molecule has 1 amide bonds. The molecule has 0 unspecified atom stereocenters. The quantitative estimate of drug-likeness (QED) is 0.601. The Morgan fingerprint density at radius 2 is 1.79 bits per heavy atom. The number of nitrogens with zero attached hydrogens (tertiary/aromatic N) is 2. The molecule has 1 heterocycles. The Morgan fingerprint density at radius 3 is 2.43 bits per heavy atom. The van der Waals surface area contributed by atoms with E-state index < -0.39 is 0 Å². The zero-order chi connectivity index (χ0) is 19.9. The molecule has 2 aromatic carbocycles. The zero-order valence-corrected chi connectivity index (χ0v) is 16.4. The molecular formula is C22H25N3O3. The number of methoxy groups -OCH3 is 1. The van der Waals surface area contributed by atoms with Gasteiger partial charge >= 0.3 is 0 Å². The van der Waals surface area contributed by atoms with Crippen molar-refractivity contribution in [2.24, 2.45) is 0 Å². The van der Waals surface area contributed by atoms with Gasteiger partial charge in [-0.1, -0.05) is 24.6 Å². The lowest BCUT2D eigenvalue weighted by molar-refractivity contribution is 0.102. The van der Waals surface area contributed by atoms with Crippen LogP contribution in [0.4, 0.5) is 5.69 Å². The highest BCUT2D eigenvalue weighted by molar-refractivity contribution is 6.05. The summed E-state index contributed by atoms with van der Waals surface area (Å²) in [5, 5.41) is 7.36. The fourth-order valence-electron chi connectivity index (χ4n) is 2.89. The predicted molar refractivity (Wildman–Crippen MR) is 109 cm³/mol. The van der Waals surface area contributed by atoms with E-state index in [1.165, 1.54) is 5.56 Å². The van der Waals surface area contributed by atoms with Crippen molar-refractivity contribution >= 4 is 11.6 Å². The highest BCUT2D eigenvalue weighted by Gasteiger charge is 2.17. The SMILES string of the molecule is CCc1c(C(=O)Nc2ccc(OCCOC)cc2)cnn1-c1ccc(C)cc1. The van der Waals surface area contributed by atoms with Crippen LogP contribution in [0.15, 0.2) is 54.7 Å². The minimum atomic E-state index is -0.178. The second-order valence-electron chi connectivity index (χ2n) is 6.43. The summed E-state index contributed by atoms with van der Waals surface area (Å²) in [6, 6.07) is 15.4. The first-order valence-corrected chi connectivity index (χ1v) is 9.29. The molecule has 6 nitrogen and oxygen atoms in total. The molecule has 1 aromatic heterocycles. The van der Waals surface area contributed by atoms with Crippen LogP contribution in [-0.4, -0.2) is 36.0 Å². The summed E-state index contributed by atoms with van der Waals surface area (Å²) in [5.74, 6) is 0.555. The maximum Gasteiger partial charge on any atom is 0.259 e. The highest BCUT2D eigenvalue weighted by atomic mass is 16.5. The number of hydrogen-bond acceptors (Lipinski definition) is 4. The Morgan fingerprint density at radius 1 is 1.07 bits per heavy atom. The number of carbonyl (C=O) groups is 1. The lowest BCUT2D eigenvalue weighted by atomic mass is 10.1. The Kier molecular flexibility index (Phi) is 6.45. The summed E-state index contributed by atoms with van der Waals surface area (Å²) in [4.78, 5) is 12.8. The number of hydrogen-bond donors (Lipinski definition) is 1. The van der Waals surface area contributed by atoms with Crippen molar-refractivity contribution in [2.45, 2.75) is 20.3 Å². The van der Waals surface area contributed by atoms with Crippen molar-refractivity contribution in [1.29, 1.82) is 0 Å². The molecule has 28 heavy (non-hydrogen) atoms. The third-order valence-corrected chi connectivity index (χ3v) is 4.40. The number of aryl methyl sites for hydroxylation is 1. The fourth-order valence-corrected chi connectivity index (χ4v) is 2.89. The van der Waals surface area contributed by atoms with Gasteiger partial charge in [0.05, 0.1) is 29.7 Å². The Balaban J connectivity index is 1.73. The lowest BCUT2D eigenvalue weighted by Gasteiger charge is -2.10. The van der Waals surface area contributed by atoms with E-state index in [0.29, 0.717) is 30.9 Å². The van der Waals surface area contributed by atoms with Crippen LogP contribution in [0, 0.1) is 6.92 Å². The predicted octanol–water partition coefficient (Wildman–Crippen LogP) is 4.02. The van der Waals surface area contributed by atoms with E-state index in [1.807, 2.05) is 67.1 Å². The average molecular weight is 379 g/mol. The van der Waals surface area contributed by atoms with Crippen molar-refractivity contribution in [3.8, 4) is 11.4 Å². The summed E-state index contributed by atoms with van der Waals surface area (Å²) in [6.07, 6.45) is 2.32. The van der Waals surface area contributed by atoms with E-state index in [4.69, 9.17) is 9.47 Å². The Hall–Kier alpha value is -3.12. The number of ether oxygens (including phenoxy) is 2. The number of nitrogens with one attached hydrogen (secondary N) is 1. The van der Waals surface area contributed by atoms with E-state index in [2.05, 4.69) is 10.4 Å². The third kappa shape index (κ3) is 4.58. The number of benzene rings is 2. The molecule has 3 rings (SSSR count). The summed E-state index contributed by atoms with van der Waals surface area (Å²) in [7, 11) is 1.63. The average Bonchev–Trinajstić information content (AvgIpc) is 3.14. The van der Waals surface area contributed by atoms with E-state index in [9.17, 15) is 4.79 Å². The monoisotopic (exact) mass is 379 g/mol. The fraction of sp³-hybridized carbons (Fsp3) is 0.273. The molecule has 0 saturated carbocycles. The van der Waals surface area contributed by atoms with Crippen molar-refractivity contribution < 1.29 is 14.3 Å². The first-order valence-electron chi connectivity index (χ1n) is 9.29. The van der Waals surface area contributed by atoms with Gasteiger partial charge in [0, 0.05) is 12.8 Å². The molecule has 0 fully saturated rings. The maximum atomic E-state index is 12.8. The van der Waals surface area contributed by atoms with Gasteiger partial charge in [0.15, 0.2) is 0 Å². The standard InChI is InChI=1S/C22H25N3O3/c1-4-21-20(15-23-25(21)18-9-5-16(2)6-10-18)22(26)24-17-7-11-19(12-8-17)28-14-13-27-3/h5-12,15H,4,13-14H2,1-3H3,(H,24,26). The summed E-state index contributed by atoms with van der Waals surface area (Å²) in [5.41, 5.74) is 4.28. The minimum absolute atomic E-state index is 0.178. The van der Waals surface area contributed by atoms with Crippen LogP contribution in [0.5, 0.6) is 5.75 Å². The van der Waals surface area contributed by atoms with Crippen LogP contribution in [-0.2, 0) is 11.2 Å². The Labute approximate surface area is 165 Å². The topological polar surface area (TPSA) is 65.4 Å². The normalized spacial score (nSPS) is 10.7. The molecule has 0 spiro atoms. The molecule has 6 heteroatoms. The summed E-state index contributed by atoms with van der Waals surface area (Å²) >= 11 is 0. The summed E-state index contributed by atoms with van der Waals surface area (Å²) < 4.78 is 12.3. The van der Waals surface area contributed by atoms with Crippen molar-refractivity contribution in [3.63, 3.8) is 0 Å². The number of anilines is 1. The van der Waals surface area contributed by atoms with Gasteiger partial charge in [0.2, 0.25) is 0 Å². The van der Waals surface area contributed by atoms with E-state index in [-0.39, 0.29) is 5.91 Å². The van der Waals surface area contributed by atoms with Gasteiger partial charge < -0.3 is 14.8 Å². The molecule has 0 atom stereocenters. The van der Waals surface area contributed by atoms with Crippen LogP contribution < -0.4 is 10.1 Å². The highest BCUT2D eigenvalue weighted by Crippen LogP contribution is 2.20. The third-order valence-electron chi connectivity index (χ3n) is 4.40. The van der Waals surface area contributed by atoms with E-state index in [0.717, 1.165) is 17.1 Å². The number of aromatic nitrogens is 2. The number of rotatable bonds is 8. The lowest BCUT2D eigenvalue weighted by Crippen LogP contribution is -2.14. The molecule has 0 radical (unpaired) electrons. The molecule has 1 N–H and O–H groups in total. The largest absolute Gasteiger partial charge is 0.491 e. The van der Waals surface area contributed by atoms with Gasteiger partial charge in [-0.05, 0) is 49.7 Å². The van der Waals surface area contributed by atoms with Gasteiger partial charge in [-0.2, -0.15) is 5.10 Å². The number of carbonyl (C=O) groups excluding carboxylic acids is 1. The molecule has 146 valence electrons. The minimum Gasteiger partial charge on any atom is -0.491 e. The van der Waals surface area contributed by atoms with Crippen LogP contribution in [0.2, 0.25) is 0 Å². The van der Waals surface area contributed by atoms with Crippen molar-refractivity contribution in [1.82, 2.24) is 9.78 Å². The molecule has 0 aliphatic rings. The van der Waals surface area contributed by atoms with Crippen LogP contribution >= 0.6 is 0 Å². The molecule has 0 aliphatic heterocycles. The first kappa shape index (κ1) is 19.6. The van der Waals surface area contributed by atoms with Gasteiger partial charge in [-0.15, -0.1) is 0 Å². The smallest absolute Gasteiger partial charge is 0.259 e.